The lowest BCUT2D eigenvalue weighted by molar-refractivity contribution is 0.0954. The van der Waals surface area contributed by atoms with Crippen molar-refractivity contribution in [2.75, 3.05) is 0 Å². The van der Waals surface area contributed by atoms with Crippen molar-refractivity contribution in [2.45, 2.75) is 25.7 Å². The van der Waals surface area contributed by atoms with Crippen LogP contribution in [0.15, 0.2) is 33.8 Å². The smallest absolute Gasteiger partial charge is 0.267 e. The van der Waals surface area contributed by atoms with Gasteiger partial charge in [-0.1, -0.05) is 28.4 Å². The molecule has 0 radical (unpaired) electrons. The minimum Gasteiger partial charge on any atom is -0.267 e. The average Bonchev–Trinajstić information content (AvgIpc) is 3.01. The molecule has 0 saturated heterocycles. The van der Waals surface area contributed by atoms with E-state index in [0.29, 0.717) is 11.5 Å². The summed E-state index contributed by atoms with van der Waals surface area (Å²) in [5.41, 5.74) is 3.25. The molecule has 0 heterocycles. The molecule has 0 aliphatic heterocycles. The molecule has 2 aliphatic carbocycles. The highest BCUT2D eigenvalue weighted by Crippen LogP contribution is 2.47. The van der Waals surface area contributed by atoms with Crippen LogP contribution >= 0.6 is 15.9 Å². The Morgan fingerprint density at radius 3 is 2.95 bits per heavy atom. The van der Waals surface area contributed by atoms with E-state index in [1.807, 2.05) is 18.3 Å². The SMILES string of the molecule is O=C(N/N=C/[C@H]1C[C@H]2CC[C@@H]1C2)c1cccc(Br)c1. The number of benzene rings is 1. The first-order valence-corrected chi connectivity index (χ1v) is 7.61. The van der Waals surface area contributed by atoms with E-state index < -0.39 is 0 Å². The second-order valence-electron chi connectivity index (χ2n) is 5.57. The number of nitrogens with zero attached hydrogens (tertiary/aromatic N) is 1. The number of nitrogens with one attached hydrogen (secondary N) is 1. The van der Waals surface area contributed by atoms with Gasteiger partial charge in [0, 0.05) is 16.3 Å². The minimum absolute atomic E-state index is 0.152. The summed E-state index contributed by atoms with van der Waals surface area (Å²) >= 11 is 3.36. The molecule has 1 N–H and O–H groups in total. The van der Waals surface area contributed by atoms with E-state index in [-0.39, 0.29) is 5.91 Å². The fraction of sp³-hybridized carbons (Fsp3) is 0.467. The maximum atomic E-state index is 11.9. The zero-order valence-electron chi connectivity index (χ0n) is 10.7. The van der Waals surface area contributed by atoms with Crippen LogP contribution in [0.1, 0.15) is 36.0 Å². The Morgan fingerprint density at radius 2 is 2.26 bits per heavy atom. The lowest BCUT2D eigenvalue weighted by Crippen LogP contribution is -2.20. The van der Waals surface area contributed by atoms with Crippen LogP contribution in [0.3, 0.4) is 0 Å². The van der Waals surface area contributed by atoms with E-state index in [1.165, 1.54) is 25.7 Å². The second-order valence-corrected chi connectivity index (χ2v) is 6.48. The molecule has 1 amide bonds. The van der Waals surface area contributed by atoms with Crippen molar-refractivity contribution in [1.82, 2.24) is 5.43 Å². The largest absolute Gasteiger partial charge is 0.271 e. The summed E-state index contributed by atoms with van der Waals surface area (Å²) in [6.07, 6.45) is 7.28. The van der Waals surface area contributed by atoms with Crippen LogP contribution in [0.2, 0.25) is 0 Å². The number of carbonyl (C=O) groups is 1. The van der Waals surface area contributed by atoms with E-state index in [1.54, 1.807) is 12.1 Å². The maximum Gasteiger partial charge on any atom is 0.271 e. The number of hydrazone groups is 1. The Bertz CT molecular complexity index is 515. The van der Waals surface area contributed by atoms with Crippen LogP contribution in [-0.4, -0.2) is 12.1 Å². The van der Waals surface area contributed by atoms with Crippen molar-refractivity contribution < 1.29 is 4.79 Å². The van der Waals surface area contributed by atoms with Gasteiger partial charge in [0.2, 0.25) is 0 Å². The van der Waals surface area contributed by atoms with Crippen LogP contribution in [0.4, 0.5) is 0 Å². The van der Waals surface area contributed by atoms with Gasteiger partial charge in [-0.15, -0.1) is 0 Å². The molecule has 2 aliphatic rings. The van der Waals surface area contributed by atoms with Gasteiger partial charge >= 0.3 is 0 Å². The second kappa shape index (κ2) is 5.45. The molecule has 0 spiro atoms. The van der Waals surface area contributed by atoms with E-state index in [4.69, 9.17) is 0 Å². The quantitative estimate of drug-likeness (QED) is 0.671. The van der Waals surface area contributed by atoms with Crippen molar-refractivity contribution in [2.24, 2.45) is 22.9 Å². The minimum atomic E-state index is -0.152. The van der Waals surface area contributed by atoms with Crippen LogP contribution in [0.25, 0.3) is 0 Å². The number of amides is 1. The van der Waals surface area contributed by atoms with E-state index in [2.05, 4.69) is 26.5 Å². The van der Waals surface area contributed by atoms with Crippen molar-refractivity contribution in [3.63, 3.8) is 0 Å². The Balaban J connectivity index is 1.56. The predicted molar refractivity (Wildman–Crippen MR) is 79.0 cm³/mol. The summed E-state index contributed by atoms with van der Waals surface area (Å²) < 4.78 is 0.900. The molecule has 2 bridgehead atoms. The monoisotopic (exact) mass is 320 g/mol. The number of carbonyl (C=O) groups excluding carboxylic acids is 1. The molecule has 0 unspecified atom stereocenters. The first-order valence-electron chi connectivity index (χ1n) is 6.81. The van der Waals surface area contributed by atoms with Crippen molar-refractivity contribution in [1.29, 1.82) is 0 Å². The van der Waals surface area contributed by atoms with E-state index >= 15 is 0 Å². The van der Waals surface area contributed by atoms with Gasteiger partial charge < -0.3 is 0 Å². The summed E-state index contributed by atoms with van der Waals surface area (Å²) in [6.45, 7) is 0. The first kappa shape index (κ1) is 12.9. The summed E-state index contributed by atoms with van der Waals surface area (Å²) in [5, 5.41) is 4.14. The lowest BCUT2D eigenvalue weighted by atomic mass is 9.90. The van der Waals surface area contributed by atoms with Crippen molar-refractivity contribution >= 4 is 28.1 Å². The highest BCUT2D eigenvalue weighted by atomic mass is 79.9. The van der Waals surface area contributed by atoms with Crippen molar-refractivity contribution in [3.8, 4) is 0 Å². The number of halogens is 1. The maximum absolute atomic E-state index is 11.9. The molecule has 19 heavy (non-hydrogen) atoms. The Kier molecular flexibility index (Phi) is 3.69. The highest BCUT2D eigenvalue weighted by molar-refractivity contribution is 9.10. The number of fused-ring (bicyclic) bond motifs is 2. The van der Waals surface area contributed by atoms with Gasteiger partial charge in [-0.25, -0.2) is 5.43 Å². The number of hydrogen-bond donors (Lipinski definition) is 1. The number of hydrogen-bond acceptors (Lipinski definition) is 2. The zero-order chi connectivity index (χ0) is 13.2. The number of rotatable bonds is 3. The highest BCUT2D eigenvalue weighted by Gasteiger charge is 2.38. The molecule has 3 nitrogen and oxygen atoms in total. The molecule has 2 saturated carbocycles. The van der Waals surface area contributed by atoms with Crippen LogP contribution in [0.5, 0.6) is 0 Å². The summed E-state index contributed by atoms with van der Waals surface area (Å²) in [7, 11) is 0. The lowest BCUT2D eigenvalue weighted by Gasteiger charge is -2.16. The first-order chi connectivity index (χ1) is 9.22. The van der Waals surface area contributed by atoms with Gasteiger partial charge in [0.15, 0.2) is 0 Å². The van der Waals surface area contributed by atoms with Crippen LogP contribution in [0, 0.1) is 17.8 Å². The molecule has 1 aromatic rings. The predicted octanol–water partition coefficient (Wildman–Crippen LogP) is 3.60. The van der Waals surface area contributed by atoms with E-state index in [0.717, 1.165) is 16.3 Å². The fourth-order valence-corrected chi connectivity index (χ4v) is 3.76. The summed E-state index contributed by atoms with van der Waals surface area (Å²) in [4.78, 5) is 11.9. The van der Waals surface area contributed by atoms with Gasteiger partial charge in [0.1, 0.15) is 0 Å². The zero-order valence-corrected chi connectivity index (χ0v) is 12.3. The summed E-state index contributed by atoms with van der Waals surface area (Å²) in [6, 6.07) is 7.32. The van der Waals surface area contributed by atoms with Gasteiger partial charge in [-0.3, -0.25) is 4.79 Å². The molecule has 3 atom stereocenters. The third-order valence-corrected chi connectivity index (χ3v) is 4.80. The van der Waals surface area contributed by atoms with Crippen LogP contribution < -0.4 is 5.43 Å². The molecule has 4 heteroatoms. The molecule has 100 valence electrons. The Morgan fingerprint density at radius 1 is 1.37 bits per heavy atom. The average molecular weight is 321 g/mol. The molecular formula is C15H17BrN2O. The molecule has 0 aromatic heterocycles. The topological polar surface area (TPSA) is 41.5 Å². The van der Waals surface area contributed by atoms with Crippen LogP contribution in [-0.2, 0) is 0 Å². The normalized spacial score (nSPS) is 29.0. The standard InChI is InChI=1S/C15H17BrN2O/c16-14-3-1-2-12(8-14)15(19)18-17-9-13-7-10-4-5-11(13)6-10/h1-3,8-11,13H,4-7H2,(H,18,19)/b17-9+/t10-,11+,13+/m0/s1. The molecule has 3 rings (SSSR count). The molecule has 2 fully saturated rings. The fourth-order valence-electron chi connectivity index (χ4n) is 3.36. The van der Waals surface area contributed by atoms with E-state index in [9.17, 15) is 4.79 Å². The Hall–Kier alpha value is -1.16. The van der Waals surface area contributed by atoms with Crippen molar-refractivity contribution in [3.05, 3.63) is 34.3 Å². The molecule has 1 aromatic carbocycles. The van der Waals surface area contributed by atoms with Gasteiger partial charge in [0.05, 0.1) is 0 Å². The Labute approximate surface area is 121 Å². The van der Waals surface area contributed by atoms with Gasteiger partial charge in [-0.05, 0) is 55.2 Å². The third kappa shape index (κ3) is 2.89. The van der Waals surface area contributed by atoms with Gasteiger partial charge in [0.25, 0.3) is 5.91 Å². The van der Waals surface area contributed by atoms with Gasteiger partial charge in [-0.2, -0.15) is 5.10 Å². The molecular weight excluding hydrogens is 304 g/mol. The third-order valence-electron chi connectivity index (χ3n) is 4.31. The summed E-state index contributed by atoms with van der Waals surface area (Å²) in [5.74, 6) is 2.13.